The molecule has 0 aliphatic rings. The van der Waals surface area contributed by atoms with Crippen LogP contribution in [0, 0.1) is 11.8 Å². The van der Waals surface area contributed by atoms with Crippen molar-refractivity contribution in [2.75, 3.05) is 27.4 Å². The van der Waals surface area contributed by atoms with Crippen molar-refractivity contribution >= 4 is 5.97 Å². The molecule has 0 unspecified atom stereocenters. The molecule has 0 saturated carbocycles. The molecule has 0 amide bonds. The minimum atomic E-state index is -0.777. The molecule has 0 aliphatic carbocycles. The zero-order chi connectivity index (χ0) is 16.5. The largest absolute Gasteiger partial charge is 0.497 e. The van der Waals surface area contributed by atoms with Crippen LogP contribution in [-0.4, -0.2) is 38.5 Å². The molecule has 22 heavy (non-hydrogen) atoms. The molecular formula is C17H26O5. The third-order valence-electron chi connectivity index (χ3n) is 3.51. The second kappa shape index (κ2) is 9.30. The highest BCUT2D eigenvalue weighted by atomic mass is 16.5. The van der Waals surface area contributed by atoms with Gasteiger partial charge in [0.1, 0.15) is 11.5 Å². The fraction of sp³-hybridized carbons (Fsp3) is 0.588. The molecule has 1 atom stereocenters. The molecule has 0 saturated heterocycles. The monoisotopic (exact) mass is 310 g/mol. The van der Waals surface area contributed by atoms with Gasteiger partial charge in [-0.1, -0.05) is 13.8 Å². The van der Waals surface area contributed by atoms with Crippen LogP contribution in [0.2, 0.25) is 0 Å². The highest BCUT2D eigenvalue weighted by Gasteiger charge is 2.22. The lowest BCUT2D eigenvalue weighted by atomic mass is 9.89. The molecule has 0 radical (unpaired) electrons. The molecule has 0 aliphatic heterocycles. The predicted molar refractivity (Wildman–Crippen MR) is 84.6 cm³/mol. The van der Waals surface area contributed by atoms with Gasteiger partial charge in [0.05, 0.1) is 19.6 Å². The highest BCUT2D eigenvalue weighted by molar-refractivity contribution is 5.70. The van der Waals surface area contributed by atoms with E-state index in [9.17, 15) is 9.90 Å². The molecule has 5 nitrogen and oxygen atoms in total. The van der Waals surface area contributed by atoms with E-state index in [2.05, 4.69) is 0 Å². The van der Waals surface area contributed by atoms with Crippen LogP contribution in [0.15, 0.2) is 18.2 Å². The molecule has 5 heteroatoms. The van der Waals surface area contributed by atoms with Crippen molar-refractivity contribution in [1.29, 1.82) is 0 Å². The Kier molecular flexibility index (Phi) is 7.74. The number of hydrogen-bond donors (Lipinski definition) is 1. The first-order valence-electron chi connectivity index (χ1n) is 7.50. The molecule has 0 fully saturated rings. The molecule has 1 aromatic carbocycles. The Hall–Kier alpha value is -1.75. The number of carbonyl (C=O) groups is 1. The Morgan fingerprint density at radius 2 is 1.82 bits per heavy atom. The second-order valence-electron chi connectivity index (χ2n) is 5.60. The molecule has 0 heterocycles. The van der Waals surface area contributed by atoms with Crippen molar-refractivity contribution in [1.82, 2.24) is 0 Å². The van der Waals surface area contributed by atoms with Gasteiger partial charge in [-0.05, 0) is 30.0 Å². The van der Waals surface area contributed by atoms with Crippen molar-refractivity contribution in [3.05, 3.63) is 23.8 Å². The van der Waals surface area contributed by atoms with Gasteiger partial charge in [-0.15, -0.1) is 0 Å². The Morgan fingerprint density at radius 3 is 2.36 bits per heavy atom. The third kappa shape index (κ3) is 5.93. The average molecular weight is 310 g/mol. The summed E-state index contributed by atoms with van der Waals surface area (Å²) in [6.45, 7) is 5.03. The lowest BCUT2D eigenvalue weighted by molar-refractivity contribution is -0.143. The average Bonchev–Trinajstić information content (AvgIpc) is 2.48. The van der Waals surface area contributed by atoms with Crippen LogP contribution in [-0.2, 0) is 16.0 Å². The van der Waals surface area contributed by atoms with Gasteiger partial charge in [-0.25, -0.2) is 0 Å². The molecule has 1 N–H and O–H groups in total. The van der Waals surface area contributed by atoms with E-state index in [0.29, 0.717) is 31.1 Å². The molecule has 124 valence electrons. The molecule has 0 bridgehead atoms. The van der Waals surface area contributed by atoms with Gasteiger partial charge >= 0.3 is 5.97 Å². The van der Waals surface area contributed by atoms with Gasteiger partial charge in [-0.3, -0.25) is 4.79 Å². The van der Waals surface area contributed by atoms with E-state index in [-0.39, 0.29) is 5.92 Å². The van der Waals surface area contributed by atoms with E-state index < -0.39 is 11.9 Å². The standard InChI is InChI=1S/C17H26O5/c1-12(2)16(17(18)19)10-13-8-14(21-4)11-15(9-13)22-7-5-6-20-3/h8-9,11-12,16H,5-7,10H2,1-4H3,(H,18,19)/t16-/m1/s1. The lowest BCUT2D eigenvalue weighted by Crippen LogP contribution is -2.22. The maximum absolute atomic E-state index is 11.4. The van der Waals surface area contributed by atoms with E-state index in [0.717, 1.165) is 12.0 Å². The minimum absolute atomic E-state index is 0.0646. The van der Waals surface area contributed by atoms with Crippen molar-refractivity contribution in [3.8, 4) is 11.5 Å². The van der Waals surface area contributed by atoms with Gasteiger partial charge in [0, 0.05) is 26.2 Å². The Morgan fingerprint density at radius 1 is 1.14 bits per heavy atom. The van der Waals surface area contributed by atoms with Crippen LogP contribution in [0.3, 0.4) is 0 Å². The van der Waals surface area contributed by atoms with Crippen LogP contribution in [0.1, 0.15) is 25.8 Å². The zero-order valence-corrected chi connectivity index (χ0v) is 13.8. The summed E-state index contributed by atoms with van der Waals surface area (Å²) in [4.78, 5) is 11.4. The SMILES string of the molecule is COCCCOc1cc(C[C@@H](C(=O)O)C(C)C)cc(OC)c1. The van der Waals surface area contributed by atoms with E-state index in [1.54, 1.807) is 20.3 Å². The summed E-state index contributed by atoms with van der Waals surface area (Å²) in [5, 5.41) is 9.32. The Bertz CT molecular complexity index is 470. The van der Waals surface area contributed by atoms with Gasteiger partial charge in [0.25, 0.3) is 0 Å². The maximum atomic E-state index is 11.4. The van der Waals surface area contributed by atoms with Crippen LogP contribution in [0.5, 0.6) is 11.5 Å². The number of benzene rings is 1. The molecule has 0 aromatic heterocycles. The van der Waals surface area contributed by atoms with E-state index in [1.807, 2.05) is 26.0 Å². The lowest BCUT2D eigenvalue weighted by Gasteiger charge is -2.17. The normalized spacial score (nSPS) is 12.2. The number of hydrogen-bond acceptors (Lipinski definition) is 4. The Balaban J connectivity index is 2.82. The predicted octanol–water partition coefficient (Wildman–Crippen LogP) is 3.01. The quantitative estimate of drug-likeness (QED) is 0.673. The third-order valence-corrected chi connectivity index (χ3v) is 3.51. The fourth-order valence-corrected chi connectivity index (χ4v) is 2.21. The second-order valence-corrected chi connectivity index (χ2v) is 5.60. The van der Waals surface area contributed by atoms with Crippen LogP contribution >= 0.6 is 0 Å². The summed E-state index contributed by atoms with van der Waals surface area (Å²) >= 11 is 0. The van der Waals surface area contributed by atoms with Crippen molar-refractivity contribution in [2.45, 2.75) is 26.7 Å². The summed E-state index contributed by atoms with van der Waals surface area (Å²) in [6.07, 6.45) is 1.26. The summed E-state index contributed by atoms with van der Waals surface area (Å²) in [5.74, 6) is 0.231. The molecular weight excluding hydrogens is 284 g/mol. The van der Waals surface area contributed by atoms with Crippen LogP contribution in [0.4, 0.5) is 0 Å². The van der Waals surface area contributed by atoms with Crippen molar-refractivity contribution in [2.24, 2.45) is 11.8 Å². The summed E-state index contributed by atoms with van der Waals surface area (Å²) in [7, 11) is 3.24. The molecule has 1 rings (SSSR count). The molecule has 0 spiro atoms. The van der Waals surface area contributed by atoms with Crippen LogP contribution in [0.25, 0.3) is 0 Å². The fourth-order valence-electron chi connectivity index (χ4n) is 2.21. The van der Waals surface area contributed by atoms with Gasteiger partial charge in [-0.2, -0.15) is 0 Å². The van der Waals surface area contributed by atoms with Crippen LogP contribution < -0.4 is 9.47 Å². The van der Waals surface area contributed by atoms with Gasteiger partial charge < -0.3 is 19.3 Å². The molecule has 1 aromatic rings. The maximum Gasteiger partial charge on any atom is 0.307 e. The van der Waals surface area contributed by atoms with Gasteiger partial charge in [0.2, 0.25) is 0 Å². The topological polar surface area (TPSA) is 65.0 Å². The smallest absolute Gasteiger partial charge is 0.307 e. The minimum Gasteiger partial charge on any atom is -0.497 e. The number of carboxylic acids is 1. The van der Waals surface area contributed by atoms with E-state index in [4.69, 9.17) is 14.2 Å². The van der Waals surface area contributed by atoms with E-state index >= 15 is 0 Å². The number of methoxy groups -OCH3 is 2. The first kappa shape index (κ1) is 18.3. The summed E-state index contributed by atoms with van der Waals surface area (Å²) in [6, 6.07) is 5.55. The Labute approximate surface area is 132 Å². The first-order chi connectivity index (χ1) is 10.5. The number of ether oxygens (including phenoxy) is 3. The van der Waals surface area contributed by atoms with E-state index in [1.165, 1.54) is 0 Å². The summed E-state index contributed by atoms with van der Waals surface area (Å²) in [5.41, 5.74) is 0.905. The van der Waals surface area contributed by atoms with Gasteiger partial charge in [0.15, 0.2) is 0 Å². The van der Waals surface area contributed by atoms with Crippen molar-refractivity contribution in [3.63, 3.8) is 0 Å². The summed E-state index contributed by atoms with van der Waals surface area (Å²) < 4.78 is 15.9. The first-order valence-corrected chi connectivity index (χ1v) is 7.50. The number of aliphatic carboxylic acids is 1. The number of rotatable bonds is 10. The van der Waals surface area contributed by atoms with Crippen molar-refractivity contribution < 1.29 is 24.1 Å². The number of carboxylic acid groups (broad SMARTS) is 1. The highest BCUT2D eigenvalue weighted by Crippen LogP contribution is 2.26. The zero-order valence-electron chi connectivity index (χ0n) is 13.8.